The molecule has 1 saturated heterocycles. The van der Waals surface area contributed by atoms with Gasteiger partial charge >= 0.3 is 6.09 Å². The molecule has 0 aromatic heterocycles. The third kappa shape index (κ3) is 7.44. The summed E-state index contributed by atoms with van der Waals surface area (Å²) in [6.07, 6.45) is 3.06. The maximum Gasteiger partial charge on any atom is 0.417 e. The first kappa shape index (κ1) is 29.2. The number of ketones is 1. The molecule has 9 heteroatoms. The Morgan fingerprint density at radius 1 is 0.950 bits per heavy atom. The summed E-state index contributed by atoms with van der Waals surface area (Å²) in [6, 6.07) is 18.1. The lowest BCUT2D eigenvalue weighted by Crippen LogP contribution is -2.48. The van der Waals surface area contributed by atoms with Gasteiger partial charge in [-0.3, -0.25) is 9.59 Å². The summed E-state index contributed by atoms with van der Waals surface area (Å²) in [7, 11) is 0. The quantitative estimate of drug-likeness (QED) is 0.376. The number of cyclic esters (lactones) is 1. The Labute approximate surface area is 234 Å². The van der Waals surface area contributed by atoms with Crippen molar-refractivity contribution in [2.45, 2.75) is 38.0 Å². The van der Waals surface area contributed by atoms with Gasteiger partial charge in [0.15, 0.2) is 11.9 Å². The number of allylic oxidation sites excluding steroid dienone is 1. The zero-order valence-electron chi connectivity index (χ0n) is 22.5. The van der Waals surface area contributed by atoms with E-state index in [1.807, 2.05) is 60.7 Å². The van der Waals surface area contributed by atoms with Crippen LogP contribution < -0.4 is 0 Å². The van der Waals surface area contributed by atoms with Gasteiger partial charge in [-0.1, -0.05) is 60.7 Å². The Kier molecular flexibility index (Phi) is 10.6. The number of hydrogen-bond acceptors (Lipinski definition) is 8. The van der Waals surface area contributed by atoms with Crippen LogP contribution in [-0.2, 0) is 35.0 Å². The molecule has 2 aromatic rings. The van der Waals surface area contributed by atoms with E-state index in [1.165, 1.54) is 6.08 Å². The fourth-order valence-electron chi connectivity index (χ4n) is 4.79. The van der Waals surface area contributed by atoms with E-state index in [0.29, 0.717) is 32.0 Å². The smallest absolute Gasteiger partial charge is 0.417 e. The molecule has 2 aliphatic rings. The van der Waals surface area contributed by atoms with Crippen molar-refractivity contribution >= 4 is 17.8 Å². The summed E-state index contributed by atoms with van der Waals surface area (Å²) in [6.45, 7) is 3.19. The van der Waals surface area contributed by atoms with Crippen molar-refractivity contribution in [1.29, 1.82) is 0 Å². The molecule has 4 rings (SSSR count). The number of ether oxygens (including phenoxy) is 4. The van der Waals surface area contributed by atoms with Crippen molar-refractivity contribution in [3.05, 3.63) is 95.8 Å². The summed E-state index contributed by atoms with van der Waals surface area (Å²) in [4.78, 5) is 41.2. The van der Waals surface area contributed by atoms with E-state index in [0.717, 1.165) is 16.0 Å². The van der Waals surface area contributed by atoms with Gasteiger partial charge in [-0.2, -0.15) is 0 Å². The number of aliphatic hydroxyl groups excluding tert-OH is 1. The first-order valence-corrected chi connectivity index (χ1v) is 13.5. The van der Waals surface area contributed by atoms with Crippen molar-refractivity contribution in [2.75, 3.05) is 33.0 Å². The van der Waals surface area contributed by atoms with Crippen LogP contribution in [0.5, 0.6) is 0 Å². The molecule has 1 N–H and O–H groups in total. The maximum absolute atomic E-state index is 14.0. The molecule has 2 aromatic carbocycles. The summed E-state index contributed by atoms with van der Waals surface area (Å²) >= 11 is 0. The third-order valence-electron chi connectivity index (χ3n) is 6.79. The lowest BCUT2D eigenvalue weighted by atomic mass is 9.88. The van der Waals surface area contributed by atoms with E-state index >= 15 is 0 Å². The zero-order chi connectivity index (χ0) is 28.3. The Balaban J connectivity index is 1.49. The van der Waals surface area contributed by atoms with Crippen LogP contribution >= 0.6 is 0 Å². The van der Waals surface area contributed by atoms with Gasteiger partial charge in [-0.25, -0.2) is 9.69 Å². The average molecular weight is 550 g/mol. The molecule has 2 heterocycles. The van der Waals surface area contributed by atoms with Crippen molar-refractivity contribution in [2.24, 2.45) is 5.92 Å². The van der Waals surface area contributed by atoms with Gasteiger partial charge in [0.05, 0.1) is 45.0 Å². The number of carbonyl (C=O) groups is 3. The molecule has 0 saturated carbocycles. The van der Waals surface area contributed by atoms with Gasteiger partial charge in [0.2, 0.25) is 5.91 Å². The maximum atomic E-state index is 14.0. The van der Waals surface area contributed by atoms with E-state index in [4.69, 9.17) is 24.1 Å². The van der Waals surface area contributed by atoms with Gasteiger partial charge in [0.1, 0.15) is 11.9 Å². The highest BCUT2D eigenvalue weighted by atomic mass is 16.6. The molecular weight excluding hydrogens is 514 g/mol. The molecule has 0 unspecified atom stereocenters. The van der Waals surface area contributed by atoms with Crippen LogP contribution in [0.25, 0.3) is 0 Å². The molecule has 0 aliphatic carbocycles. The molecule has 9 nitrogen and oxygen atoms in total. The molecule has 0 bridgehead atoms. The van der Waals surface area contributed by atoms with Crippen LogP contribution in [0, 0.1) is 5.92 Å². The van der Waals surface area contributed by atoms with Crippen LogP contribution in [0.15, 0.2) is 84.7 Å². The molecule has 212 valence electrons. The van der Waals surface area contributed by atoms with Gasteiger partial charge in [-0.15, -0.1) is 0 Å². The Bertz CT molecular complexity index is 1200. The highest BCUT2D eigenvalue weighted by Crippen LogP contribution is 2.35. The van der Waals surface area contributed by atoms with E-state index in [2.05, 4.69) is 0 Å². The zero-order valence-corrected chi connectivity index (χ0v) is 22.5. The SMILES string of the molecule is C[C@@H]1[C@H](c2ccccc2)OC(=O)N1C(=O)[C@H](Cc1ccccc1)[C@H]1OC(=CCCOCCOCCO)C=CC1=O. The van der Waals surface area contributed by atoms with Gasteiger partial charge in [0, 0.05) is 0 Å². The summed E-state index contributed by atoms with van der Waals surface area (Å²) in [5.41, 5.74) is 1.63. The Morgan fingerprint density at radius 3 is 2.33 bits per heavy atom. The molecule has 2 amide bonds. The minimum absolute atomic E-state index is 0.0328. The summed E-state index contributed by atoms with van der Waals surface area (Å²) in [5, 5.41) is 8.73. The number of aliphatic hydroxyl groups is 1. The van der Waals surface area contributed by atoms with Crippen molar-refractivity contribution in [3.8, 4) is 0 Å². The molecule has 0 spiro atoms. The standard InChI is InChI=1S/C31H35NO8/c1-22-28(24-11-6-3-7-12-24)40-31(36)32(22)30(35)26(21-23-9-4-2-5-10-23)29-27(34)15-14-25(39-29)13-8-17-37-19-20-38-18-16-33/h2-7,9-15,22,26,28-29,33H,8,16-21H2,1H3/t22-,26-,28-,29-/m1/s1. The monoisotopic (exact) mass is 549 g/mol. The highest BCUT2D eigenvalue weighted by molar-refractivity contribution is 6.02. The molecular formula is C31H35NO8. The largest absolute Gasteiger partial charge is 0.482 e. The number of imide groups is 1. The van der Waals surface area contributed by atoms with Crippen LogP contribution in [0.4, 0.5) is 4.79 Å². The molecule has 4 atom stereocenters. The third-order valence-corrected chi connectivity index (χ3v) is 6.79. The predicted octanol–water partition coefficient (Wildman–Crippen LogP) is 3.78. The average Bonchev–Trinajstić information content (AvgIpc) is 3.28. The van der Waals surface area contributed by atoms with Crippen LogP contribution in [0.2, 0.25) is 0 Å². The van der Waals surface area contributed by atoms with E-state index in [1.54, 1.807) is 19.1 Å². The van der Waals surface area contributed by atoms with E-state index in [-0.39, 0.29) is 25.4 Å². The number of rotatable bonds is 13. The summed E-state index contributed by atoms with van der Waals surface area (Å²) in [5.74, 6) is -1.36. The number of hydrogen-bond donors (Lipinski definition) is 1. The Hall–Kier alpha value is -3.79. The molecule has 2 aliphatic heterocycles. The fraction of sp³-hybridized carbons (Fsp3) is 0.387. The Morgan fingerprint density at radius 2 is 1.62 bits per heavy atom. The van der Waals surface area contributed by atoms with Crippen molar-refractivity contribution < 1.29 is 38.4 Å². The number of benzene rings is 2. The first-order chi connectivity index (χ1) is 19.5. The molecule has 0 radical (unpaired) electrons. The first-order valence-electron chi connectivity index (χ1n) is 13.5. The molecule has 40 heavy (non-hydrogen) atoms. The topological polar surface area (TPSA) is 112 Å². The second kappa shape index (κ2) is 14.6. The normalized spacial score (nSPS) is 22.3. The van der Waals surface area contributed by atoms with Gasteiger partial charge < -0.3 is 24.1 Å². The summed E-state index contributed by atoms with van der Waals surface area (Å²) < 4.78 is 22.4. The second-order valence-corrected chi connectivity index (χ2v) is 9.58. The number of carbonyl (C=O) groups excluding carboxylic acids is 3. The minimum atomic E-state index is -1.10. The van der Waals surface area contributed by atoms with Crippen LogP contribution in [0.1, 0.15) is 30.6 Å². The van der Waals surface area contributed by atoms with E-state index < -0.39 is 36.2 Å². The van der Waals surface area contributed by atoms with Gasteiger partial charge in [-0.05, 0) is 49.1 Å². The number of amides is 2. The fourth-order valence-corrected chi connectivity index (χ4v) is 4.79. The lowest BCUT2D eigenvalue weighted by molar-refractivity contribution is -0.143. The van der Waals surface area contributed by atoms with Crippen LogP contribution in [-0.4, -0.2) is 73.0 Å². The predicted molar refractivity (Wildman–Crippen MR) is 146 cm³/mol. The van der Waals surface area contributed by atoms with Gasteiger partial charge in [0.25, 0.3) is 0 Å². The lowest BCUT2D eigenvalue weighted by Gasteiger charge is -2.31. The van der Waals surface area contributed by atoms with E-state index in [9.17, 15) is 14.4 Å². The second-order valence-electron chi connectivity index (χ2n) is 9.58. The van der Waals surface area contributed by atoms with Crippen LogP contribution in [0.3, 0.4) is 0 Å². The van der Waals surface area contributed by atoms with Crippen molar-refractivity contribution in [3.63, 3.8) is 0 Å². The minimum Gasteiger partial charge on any atom is -0.482 e. The highest BCUT2D eigenvalue weighted by Gasteiger charge is 2.48. The molecule has 1 fully saturated rings. The number of nitrogens with zero attached hydrogens (tertiary/aromatic N) is 1. The van der Waals surface area contributed by atoms with Crippen molar-refractivity contribution in [1.82, 2.24) is 4.90 Å².